The number of nitrogens with zero attached hydrogens (tertiary/aromatic N) is 1. The average molecular weight is 422 g/mol. The van der Waals surface area contributed by atoms with E-state index in [1.54, 1.807) is 14.2 Å². The third kappa shape index (κ3) is 4.31. The lowest BCUT2D eigenvalue weighted by Crippen LogP contribution is -2.11. The standard InChI is InChI=1S/C23H23N3O3S/c1-28-20-11-10-15(12-21(20)29-2)19-14-30-23(25-19)26-22(27)9-5-6-16-13-24-18-8-4-3-7-17(16)18/h3-4,7-8,10-14,24H,5-6,9H2,1-2H3,(H,25,26,27). The van der Waals surface area contributed by atoms with Crippen LogP contribution in [0.2, 0.25) is 0 Å². The van der Waals surface area contributed by atoms with Crippen molar-refractivity contribution < 1.29 is 14.3 Å². The number of hydrogen-bond donors (Lipinski definition) is 2. The number of carbonyl (C=O) groups is 1. The highest BCUT2D eigenvalue weighted by Gasteiger charge is 2.11. The summed E-state index contributed by atoms with van der Waals surface area (Å²) < 4.78 is 10.6. The Hall–Kier alpha value is -3.32. The van der Waals surface area contributed by atoms with Gasteiger partial charge in [0.25, 0.3) is 0 Å². The number of aryl methyl sites for hydroxylation is 1. The van der Waals surface area contributed by atoms with Crippen molar-refractivity contribution >= 4 is 33.3 Å². The molecule has 6 nitrogen and oxygen atoms in total. The summed E-state index contributed by atoms with van der Waals surface area (Å²) in [4.78, 5) is 20.2. The number of anilines is 1. The first-order valence-corrected chi connectivity index (χ1v) is 10.6. The first kappa shape index (κ1) is 20.0. The van der Waals surface area contributed by atoms with E-state index in [1.165, 1.54) is 22.3 Å². The molecule has 2 aromatic heterocycles. The summed E-state index contributed by atoms with van der Waals surface area (Å²) in [5.74, 6) is 1.29. The summed E-state index contributed by atoms with van der Waals surface area (Å²) in [5.41, 5.74) is 4.06. The molecule has 1 amide bonds. The molecule has 0 aliphatic rings. The number of thiazole rings is 1. The quantitative estimate of drug-likeness (QED) is 0.406. The Bertz CT molecular complexity index is 1170. The van der Waals surface area contributed by atoms with Gasteiger partial charge in [0.2, 0.25) is 5.91 Å². The molecule has 0 spiro atoms. The van der Waals surface area contributed by atoms with Crippen molar-refractivity contribution in [2.24, 2.45) is 0 Å². The molecular weight excluding hydrogens is 398 g/mol. The lowest BCUT2D eigenvalue weighted by molar-refractivity contribution is -0.116. The predicted molar refractivity (Wildman–Crippen MR) is 121 cm³/mol. The van der Waals surface area contributed by atoms with Gasteiger partial charge in [-0.3, -0.25) is 4.79 Å². The fraction of sp³-hybridized carbons (Fsp3) is 0.217. The highest BCUT2D eigenvalue weighted by atomic mass is 32.1. The summed E-state index contributed by atoms with van der Waals surface area (Å²) in [5, 5.41) is 6.64. The first-order valence-electron chi connectivity index (χ1n) is 9.70. The molecule has 30 heavy (non-hydrogen) atoms. The van der Waals surface area contributed by atoms with E-state index in [1.807, 2.05) is 41.9 Å². The number of aromatic nitrogens is 2. The Morgan fingerprint density at radius 3 is 2.80 bits per heavy atom. The minimum Gasteiger partial charge on any atom is -0.493 e. The van der Waals surface area contributed by atoms with E-state index in [4.69, 9.17) is 9.47 Å². The molecule has 2 aromatic carbocycles. The number of nitrogens with one attached hydrogen (secondary N) is 2. The molecule has 0 saturated carbocycles. The molecule has 0 atom stereocenters. The van der Waals surface area contributed by atoms with E-state index in [0.717, 1.165) is 29.6 Å². The van der Waals surface area contributed by atoms with Crippen LogP contribution in [0, 0.1) is 0 Å². The van der Waals surface area contributed by atoms with E-state index in [2.05, 4.69) is 27.4 Å². The van der Waals surface area contributed by atoms with Crippen LogP contribution in [-0.4, -0.2) is 30.1 Å². The Morgan fingerprint density at radius 2 is 1.97 bits per heavy atom. The number of amides is 1. The van der Waals surface area contributed by atoms with Crippen molar-refractivity contribution in [2.45, 2.75) is 19.3 Å². The van der Waals surface area contributed by atoms with Crippen molar-refractivity contribution in [1.82, 2.24) is 9.97 Å². The maximum atomic E-state index is 12.3. The van der Waals surface area contributed by atoms with Gasteiger partial charge < -0.3 is 19.8 Å². The second kappa shape index (κ2) is 9.00. The monoisotopic (exact) mass is 421 g/mol. The first-order chi connectivity index (χ1) is 14.7. The third-order valence-electron chi connectivity index (χ3n) is 4.95. The second-order valence-electron chi connectivity index (χ2n) is 6.87. The van der Waals surface area contributed by atoms with Crippen LogP contribution in [0.1, 0.15) is 18.4 Å². The highest BCUT2D eigenvalue weighted by Crippen LogP contribution is 2.33. The van der Waals surface area contributed by atoms with Crippen LogP contribution in [0.15, 0.2) is 54.0 Å². The van der Waals surface area contributed by atoms with Crippen molar-refractivity contribution in [1.29, 1.82) is 0 Å². The summed E-state index contributed by atoms with van der Waals surface area (Å²) in [7, 11) is 3.21. The molecule has 0 aliphatic carbocycles. The second-order valence-corrected chi connectivity index (χ2v) is 7.73. The highest BCUT2D eigenvalue weighted by molar-refractivity contribution is 7.14. The molecule has 2 heterocycles. The van der Waals surface area contributed by atoms with Crippen LogP contribution in [0.25, 0.3) is 22.2 Å². The van der Waals surface area contributed by atoms with E-state index in [9.17, 15) is 4.79 Å². The normalized spacial score (nSPS) is 10.9. The maximum Gasteiger partial charge on any atom is 0.226 e. The molecule has 0 saturated heterocycles. The summed E-state index contributed by atoms with van der Waals surface area (Å²) >= 11 is 1.41. The number of benzene rings is 2. The lowest BCUT2D eigenvalue weighted by Gasteiger charge is -2.08. The largest absolute Gasteiger partial charge is 0.493 e. The van der Waals surface area contributed by atoms with Gasteiger partial charge >= 0.3 is 0 Å². The van der Waals surface area contributed by atoms with Gasteiger partial charge in [0.15, 0.2) is 16.6 Å². The van der Waals surface area contributed by atoms with Gasteiger partial charge in [0.05, 0.1) is 19.9 Å². The number of aromatic amines is 1. The zero-order chi connectivity index (χ0) is 20.9. The molecule has 2 N–H and O–H groups in total. The summed E-state index contributed by atoms with van der Waals surface area (Å²) in [6.07, 6.45) is 4.11. The van der Waals surface area contributed by atoms with Crippen LogP contribution >= 0.6 is 11.3 Å². The molecular formula is C23H23N3O3S. The lowest BCUT2D eigenvalue weighted by atomic mass is 10.1. The van der Waals surface area contributed by atoms with Crippen molar-refractivity contribution in [2.75, 3.05) is 19.5 Å². The van der Waals surface area contributed by atoms with E-state index >= 15 is 0 Å². The number of carbonyl (C=O) groups excluding carboxylic acids is 1. The van der Waals surface area contributed by atoms with Gasteiger partial charge in [0, 0.05) is 34.5 Å². The van der Waals surface area contributed by atoms with Crippen LogP contribution in [-0.2, 0) is 11.2 Å². The third-order valence-corrected chi connectivity index (χ3v) is 5.71. The minimum atomic E-state index is -0.0250. The number of hydrogen-bond acceptors (Lipinski definition) is 5. The van der Waals surface area contributed by atoms with E-state index in [-0.39, 0.29) is 5.91 Å². The molecule has 154 valence electrons. The fourth-order valence-corrected chi connectivity index (χ4v) is 4.15. The average Bonchev–Trinajstić information content (AvgIpc) is 3.40. The van der Waals surface area contributed by atoms with Crippen molar-refractivity contribution in [3.63, 3.8) is 0 Å². The minimum absolute atomic E-state index is 0.0250. The number of para-hydroxylation sites is 1. The number of fused-ring (bicyclic) bond motifs is 1. The number of ether oxygens (including phenoxy) is 2. The number of H-pyrrole nitrogens is 1. The molecule has 4 rings (SSSR count). The van der Waals surface area contributed by atoms with Crippen LogP contribution in [0.3, 0.4) is 0 Å². The van der Waals surface area contributed by atoms with Gasteiger partial charge in [-0.25, -0.2) is 4.98 Å². The SMILES string of the molecule is COc1ccc(-c2csc(NC(=O)CCCc3c[nH]c4ccccc34)n2)cc1OC. The van der Waals surface area contributed by atoms with Gasteiger partial charge in [-0.15, -0.1) is 11.3 Å². The molecule has 7 heteroatoms. The molecule has 0 fully saturated rings. The van der Waals surface area contributed by atoms with Gasteiger partial charge in [0.1, 0.15) is 0 Å². The Balaban J connectivity index is 1.34. The zero-order valence-corrected chi connectivity index (χ0v) is 17.7. The molecule has 0 radical (unpaired) electrons. The molecule has 0 bridgehead atoms. The van der Waals surface area contributed by atoms with Gasteiger partial charge in [-0.05, 0) is 42.7 Å². The van der Waals surface area contributed by atoms with E-state index < -0.39 is 0 Å². The van der Waals surface area contributed by atoms with Crippen LogP contribution in [0.4, 0.5) is 5.13 Å². The fourth-order valence-electron chi connectivity index (χ4n) is 3.42. The smallest absolute Gasteiger partial charge is 0.226 e. The van der Waals surface area contributed by atoms with Crippen LogP contribution < -0.4 is 14.8 Å². The zero-order valence-electron chi connectivity index (χ0n) is 16.9. The Kier molecular flexibility index (Phi) is 5.99. The maximum absolute atomic E-state index is 12.3. The topological polar surface area (TPSA) is 76.2 Å². The predicted octanol–water partition coefficient (Wildman–Crippen LogP) is 5.27. The Morgan fingerprint density at radius 1 is 1.13 bits per heavy atom. The van der Waals surface area contributed by atoms with Crippen molar-refractivity contribution in [3.05, 3.63) is 59.6 Å². The molecule has 4 aromatic rings. The number of methoxy groups -OCH3 is 2. The molecule has 0 unspecified atom stereocenters. The van der Waals surface area contributed by atoms with Gasteiger partial charge in [-0.2, -0.15) is 0 Å². The van der Waals surface area contributed by atoms with Crippen molar-refractivity contribution in [3.8, 4) is 22.8 Å². The summed E-state index contributed by atoms with van der Waals surface area (Å²) in [6.45, 7) is 0. The Labute approximate surface area is 178 Å². The molecule has 0 aliphatic heterocycles. The summed E-state index contributed by atoms with van der Waals surface area (Å²) in [6, 6.07) is 13.8. The van der Waals surface area contributed by atoms with E-state index in [0.29, 0.717) is 23.1 Å². The van der Waals surface area contributed by atoms with Crippen LogP contribution in [0.5, 0.6) is 11.5 Å². The van der Waals surface area contributed by atoms with Gasteiger partial charge in [-0.1, -0.05) is 18.2 Å². The number of rotatable bonds is 8.